The zero-order chi connectivity index (χ0) is 14.5. The number of nitrogens with one attached hydrogen (secondary N) is 1. The number of aromatic nitrogens is 2. The first-order valence-corrected chi connectivity index (χ1v) is 7.86. The van der Waals surface area contributed by atoms with Crippen molar-refractivity contribution in [1.82, 2.24) is 15.1 Å². The van der Waals surface area contributed by atoms with Crippen molar-refractivity contribution >= 4 is 10.9 Å². The molecule has 0 fully saturated rings. The molecule has 0 radical (unpaired) electrons. The number of para-hydroxylation sites is 1. The van der Waals surface area contributed by atoms with E-state index < -0.39 is 0 Å². The fourth-order valence-corrected chi connectivity index (χ4v) is 2.99. The van der Waals surface area contributed by atoms with Crippen molar-refractivity contribution in [3.8, 4) is 0 Å². The lowest BCUT2D eigenvalue weighted by molar-refractivity contribution is 0.370. The molecular formula is C17H27N3. The molecule has 0 saturated heterocycles. The van der Waals surface area contributed by atoms with Crippen molar-refractivity contribution in [3.05, 3.63) is 30.0 Å². The molecule has 0 bridgehead atoms. The van der Waals surface area contributed by atoms with E-state index in [2.05, 4.69) is 50.4 Å². The molecular weight excluding hydrogens is 246 g/mol. The van der Waals surface area contributed by atoms with Crippen molar-refractivity contribution in [1.29, 1.82) is 0 Å². The Bertz CT molecular complexity index is 540. The molecule has 0 aliphatic heterocycles. The monoisotopic (exact) mass is 273 g/mol. The van der Waals surface area contributed by atoms with Crippen LogP contribution in [-0.2, 0) is 7.05 Å². The van der Waals surface area contributed by atoms with Crippen LogP contribution >= 0.6 is 0 Å². The second-order valence-electron chi connectivity index (χ2n) is 5.55. The molecule has 0 amide bonds. The number of rotatable bonds is 7. The molecule has 1 N–H and O–H groups in total. The molecule has 1 aromatic heterocycles. The Morgan fingerprint density at radius 2 is 1.85 bits per heavy atom. The predicted octanol–water partition coefficient (Wildman–Crippen LogP) is 4.05. The number of benzene rings is 1. The molecule has 2 aromatic rings. The van der Waals surface area contributed by atoms with Gasteiger partial charge in [0.15, 0.2) is 0 Å². The molecule has 20 heavy (non-hydrogen) atoms. The summed E-state index contributed by atoms with van der Waals surface area (Å²) in [7, 11) is 2.03. The Morgan fingerprint density at radius 1 is 1.15 bits per heavy atom. The summed E-state index contributed by atoms with van der Waals surface area (Å²) in [6.07, 6.45) is 3.65. The lowest BCUT2D eigenvalue weighted by atomic mass is 9.92. The number of fused-ring (bicyclic) bond motifs is 1. The molecule has 0 aliphatic carbocycles. The van der Waals surface area contributed by atoms with Gasteiger partial charge in [-0.1, -0.05) is 51.8 Å². The SMILES string of the molecule is CCNC(CC(CC)CC)c1nn(C)c2ccccc12. The average molecular weight is 273 g/mol. The molecule has 3 nitrogen and oxygen atoms in total. The minimum atomic E-state index is 0.357. The lowest BCUT2D eigenvalue weighted by Gasteiger charge is -2.21. The van der Waals surface area contributed by atoms with Crippen LogP contribution in [-0.4, -0.2) is 16.3 Å². The highest BCUT2D eigenvalue weighted by atomic mass is 15.3. The van der Waals surface area contributed by atoms with E-state index in [1.165, 1.54) is 35.9 Å². The van der Waals surface area contributed by atoms with Gasteiger partial charge in [0, 0.05) is 12.4 Å². The Hall–Kier alpha value is -1.35. The minimum absolute atomic E-state index is 0.357. The van der Waals surface area contributed by atoms with Gasteiger partial charge in [-0.05, 0) is 24.9 Å². The van der Waals surface area contributed by atoms with Gasteiger partial charge in [0.05, 0.1) is 17.3 Å². The second-order valence-corrected chi connectivity index (χ2v) is 5.55. The summed E-state index contributed by atoms with van der Waals surface area (Å²) in [6.45, 7) is 7.72. The highest BCUT2D eigenvalue weighted by molar-refractivity contribution is 5.82. The normalized spacial score (nSPS) is 13.2. The van der Waals surface area contributed by atoms with E-state index in [4.69, 9.17) is 5.10 Å². The van der Waals surface area contributed by atoms with E-state index >= 15 is 0 Å². The third-order valence-electron chi connectivity index (χ3n) is 4.29. The van der Waals surface area contributed by atoms with Crippen molar-refractivity contribution in [2.45, 2.75) is 46.1 Å². The van der Waals surface area contributed by atoms with Crippen LogP contribution in [0.1, 0.15) is 51.8 Å². The third kappa shape index (κ3) is 3.04. The topological polar surface area (TPSA) is 29.9 Å². The second kappa shape index (κ2) is 6.89. The maximum absolute atomic E-state index is 4.78. The molecule has 0 spiro atoms. The standard InChI is InChI=1S/C17H27N3/c1-5-13(6-2)12-15(18-7-3)17-14-10-8-9-11-16(14)20(4)19-17/h8-11,13,15,18H,5-7,12H2,1-4H3. The van der Waals surface area contributed by atoms with Crippen LogP contribution in [0.4, 0.5) is 0 Å². The predicted molar refractivity (Wildman–Crippen MR) is 85.8 cm³/mol. The Labute approximate surface area is 122 Å². The minimum Gasteiger partial charge on any atom is -0.309 e. The zero-order valence-corrected chi connectivity index (χ0v) is 13.2. The van der Waals surface area contributed by atoms with Crippen LogP contribution in [0.25, 0.3) is 10.9 Å². The van der Waals surface area contributed by atoms with E-state index in [-0.39, 0.29) is 0 Å². The molecule has 3 heteroatoms. The number of hydrogen-bond acceptors (Lipinski definition) is 2. The Morgan fingerprint density at radius 3 is 2.50 bits per heavy atom. The Balaban J connectivity index is 2.36. The van der Waals surface area contributed by atoms with Crippen LogP contribution in [0.3, 0.4) is 0 Å². The van der Waals surface area contributed by atoms with Crippen LogP contribution < -0.4 is 5.32 Å². The summed E-state index contributed by atoms with van der Waals surface area (Å²) in [5.41, 5.74) is 2.42. The van der Waals surface area contributed by atoms with Gasteiger partial charge in [-0.2, -0.15) is 5.10 Å². The molecule has 1 heterocycles. The Kier molecular flexibility index (Phi) is 5.18. The van der Waals surface area contributed by atoms with Crippen molar-refractivity contribution in [2.24, 2.45) is 13.0 Å². The van der Waals surface area contributed by atoms with Crippen LogP contribution in [0.2, 0.25) is 0 Å². The average Bonchev–Trinajstić information content (AvgIpc) is 2.81. The zero-order valence-electron chi connectivity index (χ0n) is 13.2. The van der Waals surface area contributed by atoms with Crippen LogP contribution in [0, 0.1) is 5.92 Å². The number of hydrogen-bond donors (Lipinski definition) is 1. The maximum atomic E-state index is 4.78. The quantitative estimate of drug-likeness (QED) is 0.824. The first-order valence-electron chi connectivity index (χ1n) is 7.86. The van der Waals surface area contributed by atoms with E-state index in [1.807, 2.05) is 11.7 Å². The summed E-state index contributed by atoms with van der Waals surface area (Å²) < 4.78 is 2.00. The van der Waals surface area contributed by atoms with Gasteiger partial charge in [0.1, 0.15) is 0 Å². The molecule has 2 rings (SSSR count). The van der Waals surface area contributed by atoms with E-state index in [1.54, 1.807) is 0 Å². The molecule has 1 atom stereocenters. The molecule has 1 aromatic carbocycles. The van der Waals surface area contributed by atoms with Crippen LogP contribution in [0.15, 0.2) is 24.3 Å². The van der Waals surface area contributed by atoms with Crippen molar-refractivity contribution in [2.75, 3.05) is 6.54 Å². The van der Waals surface area contributed by atoms with Crippen molar-refractivity contribution < 1.29 is 0 Å². The van der Waals surface area contributed by atoms with Crippen LogP contribution in [0.5, 0.6) is 0 Å². The van der Waals surface area contributed by atoms with Gasteiger partial charge in [0.25, 0.3) is 0 Å². The summed E-state index contributed by atoms with van der Waals surface area (Å²) in [5, 5.41) is 9.70. The first kappa shape index (κ1) is 15.0. The van der Waals surface area contributed by atoms with Gasteiger partial charge in [0.2, 0.25) is 0 Å². The van der Waals surface area contributed by atoms with Gasteiger partial charge in [-0.25, -0.2) is 0 Å². The fourth-order valence-electron chi connectivity index (χ4n) is 2.99. The smallest absolute Gasteiger partial charge is 0.0872 e. The lowest BCUT2D eigenvalue weighted by Crippen LogP contribution is -2.24. The molecule has 110 valence electrons. The third-order valence-corrected chi connectivity index (χ3v) is 4.29. The van der Waals surface area contributed by atoms with Gasteiger partial charge in [-0.3, -0.25) is 4.68 Å². The number of nitrogens with zero attached hydrogens (tertiary/aromatic N) is 2. The summed E-state index contributed by atoms with van der Waals surface area (Å²) >= 11 is 0. The maximum Gasteiger partial charge on any atom is 0.0872 e. The first-order chi connectivity index (χ1) is 9.71. The van der Waals surface area contributed by atoms with Gasteiger partial charge in [-0.15, -0.1) is 0 Å². The highest BCUT2D eigenvalue weighted by Crippen LogP contribution is 2.29. The summed E-state index contributed by atoms with van der Waals surface area (Å²) in [5.74, 6) is 0.764. The molecule has 0 aliphatic rings. The van der Waals surface area contributed by atoms with E-state index in [0.717, 1.165) is 12.5 Å². The summed E-state index contributed by atoms with van der Waals surface area (Å²) in [4.78, 5) is 0. The van der Waals surface area contributed by atoms with Crippen molar-refractivity contribution in [3.63, 3.8) is 0 Å². The molecule has 1 unspecified atom stereocenters. The largest absolute Gasteiger partial charge is 0.309 e. The van der Waals surface area contributed by atoms with Gasteiger partial charge >= 0.3 is 0 Å². The highest BCUT2D eigenvalue weighted by Gasteiger charge is 2.20. The number of aryl methyl sites for hydroxylation is 1. The summed E-state index contributed by atoms with van der Waals surface area (Å²) in [6, 6.07) is 8.88. The van der Waals surface area contributed by atoms with E-state index in [0.29, 0.717) is 6.04 Å². The molecule has 0 saturated carbocycles. The fraction of sp³-hybridized carbons (Fsp3) is 0.588. The van der Waals surface area contributed by atoms with Gasteiger partial charge < -0.3 is 5.32 Å². The van der Waals surface area contributed by atoms with E-state index in [9.17, 15) is 0 Å².